The fourth-order valence-electron chi connectivity index (χ4n) is 7.91. The smallest absolute Gasteiger partial charge is 0.220 e. The number of aliphatic hydroxyl groups excluding tert-OH is 8. The summed E-state index contributed by atoms with van der Waals surface area (Å²) in [6.07, 6.45) is 28.9. The summed E-state index contributed by atoms with van der Waals surface area (Å²) in [4.78, 5) is 13.0. The van der Waals surface area contributed by atoms with E-state index in [2.05, 4.69) is 79.9 Å². The van der Waals surface area contributed by atoms with E-state index < -0.39 is 86.8 Å². The van der Waals surface area contributed by atoms with E-state index in [1.165, 1.54) is 44.9 Å². The third-order valence-corrected chi connectivity index (χ3v) is 12.0. The third-order valence-electron chi connectivity index (χ3n) is 12.0. The van der Waals surface area contributed by atoms with Crippen molar-refractivity contribution in [2.75, 3.05) is 19.8 Å². The molecule has 2 rings (SSSR count). The number of carbonyl (C=O) groups excluding carboxylic acids is 1. The summed E-state index contributed by atoms with van der Waals surface area (Å²) in [6.45, 7) is 2.58. The summed E-state index contributed by atoms with van der Waals surface area (Å²) in [5.41, 5.74) is 0. The molecular formula is C51H89NO13. The van der Waals surface area contributed by atoms with Crippen LogP contribution in [0.4, 0.5) is 0 Å². The van der Waals surface area contributed by atoms with Crippen molar-refractivity contribution >= 4 is 5.91 Å². The highest BCUT2D eigenvalue weighted by molar-refractivity contribution is 5.76. The zero-order valence-corrected chi connectivity index (χ0v) is 39.7. The fraction of sp³-hybridized carbons (Fsp3) is 0.784. The van der Waals surface area contributed by atoms with Gasteiger partial charge in [0, 0.05) is 6.42 Å². The van der Waals surface area contributed by atoms with E-state index in [1.807, 2.05) is 0 Å². The van der Waals surface area contributed by atoms with Crippen molar-refractivity contribution in [1.82, 2.24) is 5.32 Å². The van der Waals surface area contributed by atoms with Crippen LogP contribution in [0.3, 0.4) is 0 Å². The Morgan fingerprint density at radius 1 is 0.569 bits per heavy atom. The predicted molar refractivity (Wildman–Crippen MR) is 254 cm³/mol. The van der Waals surface area contributed by atoms with Crippen LogP contribution in [0.5, 0.6) is 0 Å². The second kappa shape index (κ2) is 37.6. The number of nitrogens with one attached hydrogen (secondary N) is 1. The minimum Gasteiger partial charge on any atom is -0.394 e. The first-order valence-corrected chi connectivity index (χ1v) is 25.0. The van der Waals surface area contributed by atoms with Crippen LogP contribution < -0.4 is 5.32 Å². The molecule has 0 aromatic carbocycles. The van der Waals surface area contributed by atoms with Crippen LogP contribution in [0.25, 0.3) is 0 Å². The van der Waals surface area contributed by atoms with Crippen molar-refractivity contribution in [1.29, 1.82) is 0 Å². The Bertz CT molecular complexity index is 1320. The van der Waals surface area contributed by atoms with Crippen LogP contribution in [0.1, 0.15) is 162 Å². The number of aliphatic hydroxyl groups is 8. The van der Waals surface area contributed by atoms with Crippen LogP contribution in [0.2, 0.25) is 0 Å². The standard InChI is InChI=1S/C51H89NO13/c1-3-5-7-9-10-11-12-13-14-15-16-17-18-19-20-21-22-23-24-25-26-27-28-29-30-31-33-35-43(56)52-39(40(55)34-32-8-6-4-2)38-62-50-48(61)46(59)49(42(37-54)64-50)65-51-47(60)45(58)44(57)41(36-53)63-51/h5,7,10-11,13-14,16-17,19-20,39-42,44-51,53-55,57-61H,3-4,6,8-9,12,15,18,21-38H2,1-2H3,(H,52,56)/b7-5-,11-10-,14-13-,17-16-,20-19-. The van der Waals surface area contributed by atoms with E-state index in [1.54, 1.807) is 0 Å². The number of amides is 1. The van der Waals surface area contributed by atoms with Crippen LogP contribution in [-0.2, 0) is 23.7 Å². The van der Waals surface area contributed by atoms with Crippen LogP contribution >= 0.6 is 0 Å². The molecule has 2 aliphatic heterocycles. The molecule has 0 bridgehead atoms. The molecule has 376 valence electrons. The van der Waals surface area contributed by atoms with Gasteiger partial charge in [-0.1, -0.05) is 158 Å². The fourth-order valence-corrected chi connectivity index (χ4v) is 7.91. The number of allylic oxidation sites excluding steroid dienone is 10. The first-order valence-electron chi connectivity index (χ1n) is 25.0. The largest absolute Gasteiger partial charge is 0.394 e. The maximum absolute atomic E-state index is 13.0. The molecule has 2 heterocycles. The molecule has 65 heavy (non-hydrogen) atoms. The SMILES string of the molecule is CC/C=C\C/C=C\C/C=C\C/C=C\C/C=C\CCCCCCCCCCCCCC(=O)NC(COC1OC(CO)C(OC2OC(CO)C(O)C(O)C2O)C(O)C1O)C(O)CCCCCC. The van der Waals surface area contributed by atoms with Crippen molar-refractivity contribution in [2.45, 2.75) is 235 Å². The highest BCUT2D eigenvalue weighted by Crippen LogP contribution is 2.30. The van der Waals surface area contributed by atoms with Crippen LogP contribution in [-0.4, -0.2) is 140 Å². The van der Waals surface area contributed by atoms with Crippen molar-refractivity contribution in [3.8, 4) is 0 Å². The third kappa shape index (κ3) is 25.0. The van der Waals surface area contributed by atoms with E-state index in [4.69, 9.17) is 18.9 Å². The molecule has 14 heteroatoms. The molecule has 14 nitrogen and oxygen atoms in total. The average Bonchev–Trinajstić information content (AvgIpc) is 3.30. The summed E-state index contributed by atoms with van der Waals surface area (Å²) >= 11 is 0. The van der Waals surface area contributed by atoms with Gasteiger partial charge in [0.25, 0.3) is 0 Å². The molecule has 9 N–H and O–H groups in total. The second-order valence-electron chi connectivity index (χ2n) is 17.6. The van der Waals surface area contributed by atoms with Crippen LogP contribution in [0.15, 0.2) is 60.8 Å². The first kappa shape index (κ1) is 58.8. The zero-order valence-electron chi connectivity index (χ0n) is 39.7. The van der Waals surface area contributed by atoms with E-state index in [0.29, 0.717) is 19.3 Å². The second-order valence-corrected chi connectivity index (χ2v) is 17.6. The maximum Gasteiger partial charge on any atom is 0.220 e. The molecule has 0 aromatic heterocycles. The lowest BCUT2D eigenvalue weighted by molar-refractivity contribution is -0.359. The molecule has 0 radical (unpaired) electrons. The van der Waals surface area contributed by atoms with Gasteiger partial charge < -0.3 is 65.1 Å². The number of hydrogen-bond donors (Lipinski definition) is 9. The molecule has 2 aliphatic rings. The lowest BCUT2D eigenvalue weighted by Gasteiger charge is -2.46. The summed E-state index contributed by atoms with van der Waals surface area (Å²) in [6, 6.07) is -0.828. The molecule has 2 saturated heterocycles. The van der Waals surface area contributed by atoms with Gasteiger partial charge in [0.2, 0.25) is 5.91 Å². The number of unbranched alkanes of at least 4 members (excludes halogenated alkanes) is 14. The summed E-state index contributed by atoms with van der Waals surface area (Å²) in [7, 11) is 0. The molecule has 0 saturated carbocycles. The van der Waals surface area contributed by atoms with E-state index >= 15 is 0 Å². The maximum atomic E-state index is 13.0. The molecule has 12 unspecified atom stereocenters. The van der Waals surface area contributed by atoms with E-state index in [9.17, 15) is 45.6 Å². The topological polar surface area (TPSA) is 228 Å². The van der Waals surface area contributed by atoms with E-state index in [-0.39, 0.29) is 12.5 Å². The quantitative estimate of drug-likeness (QED) is 0.0248. The zero-order chi connectivity index (χ0) is 47.5. The lowest BCUT2D eigenvalue weighted by atomic mass is 9.97. The summed E-state index contributed by atoms with van der Waals surface area (Å²) in [5.74, 6) is -0.223. The van der Waals surface area contributed by atoms with Gasteiger partial charge in [-0.3, -0.25) is 4.79 Å². The molecule has 0 aliphatic carbocycles. The molecule has 1 amide bonds. The predicted octanol–water partition coefficient (Wildman–Crippen LogP) is 6.27. The Labute approximate surface area is 390 Å². The van der Waals surface area contributed by atoms with Crippen molar-refractivity contribution in [2.24, 2.45) is 0 Å². The monoisotopic (exact) mass is 924 g/mol. The number of ether oxygens (including phenoxy) is 4. The Morgan fingerprint density at radius 2 is 1.06 bits per heavy atom. The van der Waals surface area contributed by atoms with Gasteiger partial charge in [-0.05, 0) is 57.8 Å². The number of carbonyl (C=O) groups is 1. The minimum absolute atomic E-state index is 0.223. The molecule has 0 aromatic rings. The van der Waals surface area contributed by atoms with Gasteiger partial charge in [0.05, 0.1) is 32.0 Å². The van der Waals surface area contributed by atoms with Gasteiger partial charge in [0.15, 0.2) is 12.6 Å². The summed E-state index contributed by atoms with van der Waals surface area (Å²) in [5, 5.41) is 86.2. The highest BCUT2D eigenvalue weighted by atomic mass is 16.7. The highest BCUT2D eigenvalue weighted by Gasteiger charge is 2.51. The first-order chi connectivity index (χ1) is 31.6. The van der Waals surface area contributed by atoms with Crippen molar-refractivity contribution in [3.63, 3.8) is 0 Å². The van der Waals surface area contributed by atoms with E-state index in [0.717, 1.165) is 83.5 Å². The molecule has 2 fully saturated rings. The Hall–Kier alpha value is -2.31. The van der Waals surface area contributed by atoms with Gasteiger partial charge >= 0.3 is 0 Å². The lowest BCUT2D eigenvalue weighted by Crippen LogP contribution is -2.65. The summed E-state index contributed by atoms with van der Waals surface area (Å²) < 4.78 is 22.6. The van der Waals surface area contributed by atoms with Crippen molar-refractivity contribution in [3.05, 3.63) is 60.8 Å². The Kier molecular flexibility index (Phi) is 34.1. The normalized spacial score (nSPS) is 27.5. The van der Waals surface area contributed by atoms with Crippen LogP contribution in [0, 0.1) is 0 Å². The van der Waals surface area contributed by atoms with Crippen molar-refractivity contribution < 1.29 is 64.6 Å². The molecule has 0 spiro atoms. The number of hydrogen-bond acceptors (Lipinski definition) is 13. The average molecular weight is 924 g/mol. The van der Waals surface area contributed by atoms with Gasteiger partial charge in [-0.2, -0.15) is 0 Å². The van der Waals surface area contributed by atoms with Gasteiger partial charge in [-0.25, -0.2) is 0 Å². The van der Waals surface area contributed by atoms with Gasteiger partial charge in [0.1, 0.15) is 48.8 Å². The Balaban J connectivity index is 1.63. The Morgan fingerprint density at radius 3 is 1.62 bits per heavy atom. The minimum atomic E-state index is -1.78. The number of rotatable bonds is 37. The molecule has 12 atom stereocenters. The molecular weight excluding hydrogens is 835 g/mol. The van der Waals surface area contributed by atoms with Gasteiger partial charge in [-0.15, -0.1) is 0 Å².